The highest BCUT2D eigenvalue weighted by Gasteiger charge is 2.30. The van der Waals surface area contributed by atoms with E-state index in [2.05, 4.69) is 18.7 Å². The van der Waals surface area contributed by atoms with Gasteiger partial charge in [-0.15, -0.1) is 0 Å². The Labute approximate surface area is 111 Å². The molecule has 0 aromatic carbocycles. The predicted molar refractivity (Wildman–Crippen MR) is 74.5 cm³/mol. The molecule has 0 unspecified atom stereocenters. The molecule has 0 aliphatic carbocycles. The number of piperidine rings is 1. The summed E-state index contributed by atoms with van der Waals surface area (Å²) in [5.74, 6) is -0.231. The van der Waals surface area contributed by atoms with E-state index in [-0.39, 0.29) is 5.97 Å². The zero-order valence-corrected chi connectivity index (χ0v) is 12.1. The van der Waals surface area contributed by atoms with Gasteiger partial charge in [0.05, 0.1) is 6.61 Å². The number of carbonyl (C=O) groups is 1. The van der Waals surface area contributed by atoms with Gasteiger partial charge in [-0.2, -0.15) is 0 Å². The molecular formula is C15H27NO2. The fourth-order valence-corrected chi connectivity index (χ4v) is 2.66. The van der Waals surface area contributed by atoms with Crippen molar-refractivity contribution < 1.29 is 9.53 Å². The number of hydrogen-bond donors (Lipinski definition) is 0. The predicted octanol–water partition coefficient (Wildman–Crippen LogP) is 3.01. The van der Waals surface area contributed by atoms with E-state index in [9.17, 15) is 4.79 Å². The van der Waals surface area contributed by atoms with Crippen molar-refractivity contribution in [3.05, 3.63) is 12.2 Å². The van der Waals surface area contributed by atoms with Crippen molar-refractivity contribution >= 4 is 5.97 Å². The molecule has 1 aliphatic heterocycles. The first kappa shape index (κ1) is 15.2. The summed E-state index contributed by atoms with van der Waals surface area (Å²) >= 11 is 0. The smallest absolute Gasteiger partial charge is 0.330 e. The lowest BCUT2D eigenvalue weighted by Crippen LogP contribution is -2.39. The highest BCUT2D eigenvalue weighted by Crippen LogP contribution is 2.37. The van der Waals surface area contributed by atoms with Gasteiger partial charge < -0.3 is 4.74 Å². The SMILES string of the molecule is CCOC(=O)/C=C/CN1CCC(CC)(CC)CC1. The van der Waals surface area contributed by atoms with Gasteiger partial charge in [-0.25, -0.2) is 4.79 Å². The average molecular weight is 253 g/mol. The molecule has 1 aliphatic rings. The Morgan fingerprint density at radius 3 is 2.33 bits per heavy atom. The number of carbonyl (C=O) groups excluding carboxylic acids is 1. The van der Waals surface area contributed by atoms with Gasteiger partial charge in [0.15, 0.2) is 0 Å². The van der Waals surface area contributed by atoms with E-state index in [1.165, 1.54) is 25.7 Å². The van der Waals surface area contributed by atoms with Crippen molar-refractivity contribution in [2.45, 2.75) is 46.5 Å². The van der Waals surface area contributed by atoms with E-state index in [0.29, 0.717) is 12.0 Å². The molecule has 1 heterocycles. The fraction of sp³-hybridized carbons (Fsp3) is 0.800. The van der Waals surface area contributed by atoms with Crippen LogP contribution in [0.5, 0.6) is 0 Å². The van der Waals surface area contributed by atoms with Gasteiger partial charge in [-0.3, -0.25) is 4.90 Å². The Kier molecular flexibility index (Phi) is 6.41. The highest BCUT2D eigenvalue weighted by molar-refractivity contribution is 5.81. The Bertz CT molecular complexity index is 272. The molecule has 3 heteroatoms. The van der Waals surface area contributed by atoms with Gasteiger partial charge in [-0.05, 0) is 38.3 Å². The molecule has 0 saturated carbocycles. The summed E-state index contributed by atoms with van der Waals surface area (Å²) in [6, 6.07) is 0. The number of hydrogen-bond acceptors (Lipinski definition) is 3. The number of esters is 1. The van der Waals surface area contributed by atoms with Crippen molar-refractivity contribution in [2.24, 2.45) is 5.41 Å². The fourth-order valence-electron chi connectivity index (χ4n) is 2.66. The lowest BCUT2D eigenvalue weighted by Gasteiger charge is -2.40. The van der Waals surface area contributed by atoms with E-state index in [0.717, 1.165) is 19.6 Å². The molecular weight excluding hydrogens is 226 g/mol. The summed E-state index contributed by atoms with van der Waals surface area (Å²) in [5, 5.41) is 0. The van der Waals surface area contributed by atoms with Crippen LogP contribution in [0.15, 0.2) is 12.2 Å². The van der Waals surface area contributed by atoms with Crippen LogP contribution in [-0.4, -0.2) is 37.1 Å². The van der Waals surface area contributed by atoms with Crippen molar-refractivity contribution in [3.8, 4) is 0 Å². The summed E-state index contributed by atoms with van der Waals surface area (Å²) in [5.41, 5.74) is 0.571. The minimum atomic E-state index is -0.231. The second-order valence-electron chi connectivity index (χ2n) is 5.16. The summed E-state index contributed by atoms with van der Waals surface area (Å²) in [7, 11) is 0. The third kappa shape index (κ3) is 4.45. The van der Waals surface area contributed by atoms with Crippen LogP contribution in [0.25, 0.3) is 0 Å². The molecule has 1 rings (SSSR count). The standard InChI is InChI=1S/C15H27NO2/c1-4-15(5-2)9-12-16(13-10-15)11-7-8-14(17)18-6-3/h7-8H,4-6,9-13H2,1-3H3/b8-7+. The van der Waals surface area contributed by atoms with Crippen LogP contribution in [0, 0.1) is 5.41 Å². The molecule has 3 nitrogen and oxygen atoms in total. The van der Waals surface area contributed by atoms with E-state index < -0.39 is 0 Å². The van der Waals surface area contributed by atoms with E-state index in [4.69, 9.17) is 4.74 Å². The zero-order valence-electron chi connectivity index (χ0n) is 12.1. The van der Waals surface area contributed by atoms with Gasteiger partial charge in [0.2, 0.25) is 0 Å². The van der Waals surface area contributed by atoms with Crippen molar-refractivity contribution in [3.63, 3.8) is 0 Å². The molecule has 0 N–H and O–H groups in total. The average Bonchev–Trinajstić information content (AvgIpc) is 2.40. The molecule has 0 atom stereocenters. The lowest BCUT2D eigenvalue weighted by atomic mass is 9.74. The molecule has 1 fully saturated rings. The molecule has 0 aromatic heterocycles. The lowest BCUT2D eigenvalue weighted by molar-refractivity contribution is -0.137. The Hall–Kier alpha value is -0.830. The van der Waals surface area contributed by atoms with Crippen LogP contribution in [0.1, 0.15) is 46.5 Å². The third-order valence-electron chi connectivity index (χ3n) is 4.32. The summed E-state index contributed by atoms with van der Waals surface area (Å²) in [6.45, 7) is 10.0. The van der Waals surface area contributed by atoms with Gasteiger partial charge in [-0.1, -0.05) is 32.8 Å². The van der Waals surface area contributed by atoms with Crippen LogP contribution in [0.2, 0.25) is 0 Å². The van der Waals surface area contributed by atoms with Gasteiger partial charge in [0.1, 0.15) is 0 Å². The number of nitrogens with zero attached hydrogens (tertiary/aromatic N) is 1. The summed E-state index contributed by atoms with van der Waals surface area (Å²) < 4.78 is 4.85. The van der Waals surface area contributed by atoms with Gasteiger partial charge in [0.25, 0.3) is 0 Å². The van der Waals surface area contributed by atoms with Crippen LogP contribution >= 0.6 is 0 Å². The molecule has 1 saturated heterocycles. The monoisotopic (exact) mass is 253 g/mol. The quantitative estimate of drug-likeness (QED) is 0.538. The van der Waals surface area contributed by atoms with E-state index in [1.54, 1.807) is 6.08 Å². The van der Waals surface area contributed by atoms with Crippen LogP contribution in [0.4, 0.5) is 0 Å². The van der Waals surface area contributed by atoms with Gasteiger partial charge >= 0.3 is 5.97 Å². The first-order valence-corrected chi connectivity index (χ1v) is 7.21. The Morgan fingerprint density at radius 1 is 1.22 bits per heavy atom. The number of likely N-dealkylation sites (tertiary alicyclic amines) is 1. The molecule has 0 amide bonds. The molecule has 0 aromatic rings. The third-order valence-corrected chi connectivity index (χ3v) is 4.32. The first-order chi connectivity index (χ1) is 8.65. The maximum Gasteiger partial charge on any atom is 0.330 e. The Balaban J connectivity index is 2.29. The van der Waals surface area contributed by atoms with Gasteiger partial charge in [0, 0.05) is 12.6 Å². The maximum absolute atomic E-state index is 11.2. The normalized spacial score (nSPS) is 20.2. The van der Waals surface area contributed by atoms with Crippen LogP contribution < -0.4 is 0 Å². The minimum Gasteiger partial charge on any atom is -0.463 e. The van der Waals surface area contributed by atoms with E-state index in [1.807, 2.05) is 13.0 Å². The first-order valence-electron chi connectivity index (χ1n) is 7.21. The minimum absolute atomic E-state index is 0.231. The van der Waals surface area contributed by atoms with Crippen LogP contribution in [-0.2, 0) is 9.53 Å². The second-order valence-corrected chi connectivity index (χ2v) is 5.16. The van der Waals surface area contributed by atoms with Crippen LogP contribution in [0.3, 0.4) is 0 Å². The number of rotatable bonds is 6. The zero-order chi connectivity index (χ0) is 13.4. The molecule has 0 spiro atoms. The van der Waals surface area contributed by atoms with Crippen molar-refractivity contribution in [1.29, 1.82) is 0 Å². The van der Waals surface area contributed by atoms with Crippen molar-refractivity contribution in [1.82, 2.24) is 4.90 Å². The van der Waals surface area contributed by atoms with Crippen molar-refractivity contribution in [2.75, 3.05) is 26.2 Å². The molecule has 0 bridgehead atoms. The second kappa shape index (κ2) is 7.57. The summed E-state index contributed by atoms with van der Waals surface area (Å²) in [4.78, 5) is 13.6. The Morgan fingerprint density at radius 2 is 1.83 bits per heavy atom. The summed E-state index contributed by atoms with van der Waals surface area (Å²) in [6.07, 6.45) is 8.61. The van der Waals surface area contributed by atoms with E-state index >= 15 is 0 Å². The maximum atomic E-state index is 11.2. The molecule has 0 radical (unpaired) electrons. The highest BCUT2D eigenvalue weighted by atomic mass is 16.5. The topological polar surface area (TPSA) is 29.5 Å². The number of ether oxygens (including phenoxy) is 1. The molecule has 18 heavy (non-hydrogen) atoms. The largest absolute Gasteiger partial charge is 0.463 e. The molecule has 104 valence electrons.